The normalized spacial score (nSPS) is 11.9. The van der Waals surface area contributed by atoms with Gasteiger partial charge in [0.05, 0.1) is 0 Å². The molecule has 0 aromatic heterocycles. The lowest BCUT2D eigenvalue weighted by Crippen LogP contribution is -2.18. The summed E-state index contributed by atoms with van der Waals surface area (Å²) < 4.78 is 29.1. The summed E-state index contributed by atoms with van der Waals surface area (Å²) in [4.78, 5) is 0. The Kier molecular flexibility index (Phi) is 5.92. The van der Waals surface area contributed by atoms with E-state index >= 15 is 0 Å². The SMILES string of the molecule is O=P(SP(=O)(c1ccccc1)c1ccccc1)(c1ccccc1)c1ccccc1. The van der Waals surface area contributed by atoms with E-state index in [-0.39, 0.29) is 0 Å². The van der Waals surface area contributed by atoms with E-state index in [0.717, 1.165) is 11.0 Å². The summed E-state index contributed by atoms with van der Waals surface area (Å²) in [5.74, 6) is 0. The van der Waals surface area contributed by atoms with Crippen molar-refractivity contribution in [3.8, 4) is 0 Å². The lowest BCUT2D eigenvalue weighted by molar-refractivity contribution is 0.594. The van der Waals surface area contributed by atoms with E-state index in [1.807, 2.05) is 121 Å². The Morgan fingerprint density at radius 3 is 0.793 bits per heavy atom. The molecule has 0 amide bonds. The Morgan fingerprint density at radius 2 is 0.586 bits per heavy atom. The molecule has 4 rings (SSSR count). The van der Waals surface area contributed by atoms with E-state index in [2.05, 4.69) is 0 Å². The van der Waals surface area contributed by atoms with Crippen LogP contribution in [0.2, 0.25) is 0 Å². The first kappa shape index (κ1) is 20.0. The molecule has 0 spiro atoms. The smallest absolute Gasteiger partial charge is 0.202 e. The van der Waals surface area contributed by atoms with Crippen molar-refractivity contribution in [2.24, 2.45) is 0 Å². The molecule has 2 nitrogen and oxygen atoms in total. The lowest BCUT2D eigenvalue weighted by Gasteiger charge is -2.25. The third kappa shape index (κ3) is 4.05. The number of hydrogen-bond acceptors (Lipinski definition) is 3. The van der Waals surface area contributed by atoms with E-state index in [9.17, 15) is 9.13 Å². The van der Waals surface area contributed by atoms with Crippen molar-refractivity contribution >= 4 is 44.9 Å². The number of benzene rings is 4. The highest BCUT2D eigenvalue weighted by Gasteiger charge is 2.40. The first-order chi connectivity index (χ1) is 14.1. The second-order valence-electron chi connectivity index (χ2n) is 6.53. The highest BCUT2D eigenvalue weighted by Crippen LogP contribution is 2.75. The number of hydrogen-bond donors (Lipinski definition) is 0. The van der Waals surface area contributed by atoms with Crippen molar-refractivity contribution in [3.63, 3.8) is 0 Å². The van der Waals surface area contributed by atoms with Gasteiger partial charge < -0.3 is 9.13 Å². The summed E-state index contributed by atoms with van der Waals surface area (Å²) in [6, 6.07) is 37.5. The third-order valence-electron chi connectivity index (χ3n) is 4.61. The van der Waals surface area contributed by atoms with Crippen LogP contribution in [0.4, 0.5) is 0 Å². The predicted molar refractivity (Wildman–Crippen MR) is 127 cm³/mol. The summed E-state index contributed by atoms with van der Waals surface area (Å²) in [5, 5.41) is 2.79. The monoisotopic (exact) mass is 434 g/mol. The summed E-state index contributed by atoms with van der Waals surface area (Å²) in [7, 11) is 0. The highest BCUT2D eigenvalue weighted by atomic mass is 33.1. The molecule has 0 fully saturated rings. The molecular weight excluding hydrogens is 414 g/mol. The largest absolute Gasteiger partial charge is 0.302 e. The average molecular weight is 434 g/mol. The summed E-state index contributed by atoms with van der Waals surface area (Å²) in [6.07, 6.45) is -6.45. The van der Waals surface area contributed by atoms with E-state index in [4.69, 9.17) is 0 Å². The summed E-state index contributed by atoms with van der Waals surface area (Å²) in [6.45, 7) is 0. The van der Waals surface area contributed by atoms with Crippen molar-refractivity contribution in [1.29, 1.82) is 0 Å². The minimum Gasteiger partial charge on any atom is -0.302 e. The fourth-order valence-electron chi connectivity index (χ4n) is 3.15. The average Bonchev–Trinajstić information content (AvgIpc) is 2.81. The van der Waals surface area contributed by atoms with E-state index in [1.165, 1.54) is 0 Å². The Hall–Kier alpha value is -2.31. The quantitative estimate of drug-likeness (QED) is 0.372. The predicted octanol–water partition coefficient (Wildman–Crippen LogP) is 5.58. The first-order valence-corrected chi connectivity index (χ1v) is 14.7. The molecule has 0 heterocycles. The molecule has 0 radical (unpaired) electrons. The van der Waals surface area contributed by atoms with Crippen LogP contribution in [0.15, 0.2) is 121 Å². The maximum atomic E-state index is 14.6. The van der Waals surface area contributed by atoms with Gasteiger partial charge in [0.15, 0.2) is 0 Å². The van der Waals surface area contributed by atoms with Crippen molar-refractivity contribution < 1.29 is 9.13 Å². The van der Waals surface area contributed by atoms with Gasteiger partial charge in [-0.3, -0.25) is 0 Å². The standard InChI is InChI=1S/C24H20O2P2S/c25-27(21-13-5-1-6-14-21,22-15-7-2-8-16-22)29-28(26,23-17-9-3-10-18-23)24-19-11-4-12-20-24/h1-20H. The second kappa shape index (κ2) is 8.59. The van der Waals surface area contributed by atoms with Gasteiger partial charge in [-0.25, -0.2) is 0 Å². The van der Waals surface area contributed by atoms with Crippen LogP contribution in [0.3, 0.4) is 0 Å². The maximum Gasteiger partial charge on any atom is 0.202 e. The number of rotatable bonds is 6. The molecule has 144 valence electrons. The van der Waals surface area contributed by atoms with Gasteiger partial charge in [-0.2, -0.15) is 0 Å². The van der Waals surface area contributed by atoms with Gasteiger partial charge in [-0.15, -0.1) is 0 Å². The van der Waals surface area contributed by atoms with Crippen LogP contribution < -0.4 is 21.2 Å². The molecule has 0 aliphatic heterocycles. The second-order valence-corrected chi connectivity index (χ2v) is 16.0. The molecule has 5 heteroatoms. The Balaban J connectivity index is 1.93. The first-order valence-electron chi connectivity index (χ1n) is 9.27. The molecular formula is C24H20O2P2S. The molecule has 0 unspecified atom stereocenters. The molecule has 0 saturated heterocycles. The molecule has 0 saturated carbocycles. The zero-order valence-electron chi connectivity index (χ0n) is 15.7. The van der Waals surface area contributed by atoms with Gasteiger partial charge in [0.2, 0.25) is 12.7 Å². The van der Waals surface area contributed by atoms with Crippen LogP contribution >= 0.6 is 23.7 Å². The molecule has 0 aliphatic rings. The van der Waals surface area contributed by atoms with Crippen LogP contribution in [-0.2, 0) is 9.13 Å². The van der Waals surface area contributed by atoms with Crippen LogP contribution in [0.5, 0.6) is 0 Å². The van der Waals surface area contributed by atoms with Crippen LogP contribution in [0.1, 0.15) is 0 Å². The lowest BCUT2D eigenvalue weighted by atomic mass is 10.4. The van der Waals surface area contributed by atoms with E-state index < -0.39 is 12.7 Å². The molecule has 0 atom stereocenters. The van der Waals surface area contributed by atoms with Gasteiger partial charge in [-0.1, -0.05) is 121 Å². The Morgan fingerprint density at radius 1 is 0.379 bits per heavy atom. The van der Waals surface area contributed by atoms with Crippen molar-refractivity contribution in [2.75, 3.05) is 0 Å². The van der Waals surface area contributed by atoms with Gasteiger partial charge in [0.1, 0.15) is 0 Å². The van der Waals surface area contributed by atoms with Crippen LogP contribution in [-0.4, -0.2) is 0 Å². The van der Waals surface area contributed by atoms with Crippen molar-refractivity contribution in [3.05, 3.63) is 121 Å². The molecule has 0 bridgehead atoms. The zero-order valence-corrected chi connectivity index (χ0v) is 18.3. The van der Waals surface area contributed by atoms with Crippen LogP contribution in [0.25, 0.3) is 0 Å². The molecule has 4 aromatic carbocycles. The Labute approximate surface area is 175 Å². The third-order valence-corrected chi connectivity index (χ3v) is 17.0. The molecule has 4 aromatic rings. The topological polar surface area (TPSA) is 34.1 Å². The van der Waals surface area contributed by atoms with Crippen molar-refractivity contribution in [2.45, 2.75) is 0 Å². The van der Waals surface area contributed by atoms with Gasteiger partial charge in [0, 0.05) is 21.2 Å². The zero-order chi connectivity index (χ0) is 20.2. The van der Waals surface area contributed by atoms with Crippen molar-refractivity contribution in [1.82, 2.24) is 0 Å². The van der Waals surface area contributed by atoms with E-state index in [0.29, 0.717) is 21.2 Å². The van der Waals surface area contributed by atoms with Crippen LogP contribution in [0, 0.1) is 0 Å². The van der Waals surface area contributed by atoms with Gasteiger partial charge >= 0.3 is 0 Å². The van der Waals surface area contributed by atoms with E-state index in [1.54, 1.807) is 0 Å². The fraction of sp³-hybridized carbons (Fsp3) is 0. The van der Waals surface area contributed by atoms with Gasteiger partial charge in [0.25, 0.3) is 0 Å². The van der Waals surface area contributed by atoms with Gasteiger partial charge in [-0.05, 0) is 11.0 Å². The maximum absolute atomic E-state index is 14.6. The Bertz CT molecular complexity index is 983. The fourth-order valence-corrected chi connectivity index (χ4v) is 16.6. The minimum atomic E-state index is -3.22. The molecule has 0 aliphatic carbocycles. The minimum absolute atomic E-state index is 0.697. The molecule has 0 N–H and O–H groups in total. The summed E-state index contributed by atoms with van der Waals surface area (Å²) in [5.41, 5.74) is 0. The summed E-state index contributed by atoms with van der Waals surface area (Å²) >= 11 is 1.12. The molecule has 29 heavy (non-hydrogen) atoms. The highest BCUT2D eigenvalue weighted by molar-refractivity contribution is 8.92.